The van der Waals surface area contributed by atoms with Gasteiger partial charge in [-0.2, -0.15) is 4.99 Å². The second-order valence-electron chi connectivity index (χ2n) is 3.46. The molecular weight excluding hydrogens is 170 g/mol. The van der Waals surface area contributed by atoms with E-state index in [-0.39, 0.29) is 12.0 Å². The number of rotatable bonds is 1. The zero-order valence-corrected chi connectivity index (χ0v) is 7.18. The molecule has 2 aliphatic rings. The van der Waals surface area contributed by atoms with Crippen molar-refractivity contribution in [2.75, 3.05) is 0 Å². The van der Waals surface area contributed by atoms with Crippen LogP contribution in [0.15, 0.2) is 15.2 Å². The summed E-state index contributed by atoms with van der Waals surface area (Å²) in [5.41, 5.74) is 0. The summed E-state index contributed by atoms with van der Waals surface area (Å²) in [6.07, 6.45) is 3.06. The highest BCUT2D eigenvalue weighted by molar-refractivity contribution is 5.99. The number of aliphatic imine (C=N–C) groups is 1. The quantitative estimate of drug-likeness (QED) is 0.665. The first kappa shape index (κ1) is 8.50. The SMILES string of the molecule is O=C1N=NC(C2CCC(O)CC2)=N1. The fourth-order valence-electron chi connectivity index (χ4n) is 1.74. The molecule has 1 aliphatic carbocycles. The van der Waals surface area contributed by atoms with Crippen LogP contribution < -0.4 is 0 Å². The van der Waals surface area contributed by atoms with E-state index in [0.29, 0.717) is 5.84 Å². The lowest BCUT2D eigenvalue weighted by molar-refractivity contribution is 0.121. The largest absolute Gasteiger partial charge is 0.393 e. The summed E-state index contributed by atoms with van der Waals surface area (Å²) in [7, 11) is 0. The molecule has 1 N–H and O–H groups in total. The Morgan fingerprint density at radius 3 is 2.38 bits per heavy atom. The summed E-state index contributed by atoms with van der Waals surface area (Å²) >= 11 is 0. The van der Waals surface area contributed by atoms with Gasteiger partial charge < -0.3 is 5.11 Å². The maximum atomic E-state index is 10.7. The molecule has 0 aromatic heterocycles. The molecule has 5 heteroatoms. The Morgan fingerprint density at radius 1 is 1.15 bits per heavy atom. The molecule has 0 radical (unpaired) electrons. The third kappa shape index (κ3) is 1.80. The molecule has 0 aromatic carbocycles. The van der Waals surface area contributed by atoms with E-state index >= 15 is 0 Å². The zero-order chi connectivity index (χ0) is 9.26. The molecule has 0 bridgehead atoms. The van der Waals surface area contributed by atoms with Gasteiger partial charge in [-0.1, -0.05) is 5.11 Å². The van der Waals surface area contributed by atoms with E-state index in [9.17, 15) is 9.90 Å². The van der Waals surface area contributed by atoms with Gasteiger partial charge in [0.15, 0.2) is 5.84 Å². The third-order valence-corrected chi connectivity index (χ3v) is 2.51. The molecule has 1 fully saturated rings. The fourth-order valence-corrected chi connectivity index (χ4v) is 1.74. The van der Waals surface area contributed by atoms with Crippen molar-refractivity contribution < 1.29 is 9.90 Å². The van der Waals surface area contributed by atoms with E-state index in [4.69, 9.17) is 0 Å². The summed E-state index contributed by atoms with van der Waals surface area (Å²) < 4.78 is 0. The summed E-state index contributed by atoms with van der Waals surface area (Å²) in [6.45, 7) is 0. The van der Waals surface area contributed by atoms with Gasteiger partial charge in [0.2, 0.25) is 0 Å². The number of amides is 2. The minimum Gasteiger partial charge on any atom is -0.393 e. The van der Waals surface area contributed by atoms with Crippen LogP contribution in [0.3, 0.4) is 0 Å². The maximum absolute atomic E-state index is 10.7. The lowest BCUT2D eigenvalue weighted by atomic mass is 9.87. The highest BCUT2D eigenvalue weighted by Gasteiger charge is 2.26. The Kier molecular flexibility index (Phi) is 2.18. The van der Waals surface area contributed by atoms with E-state index in [2.05, 4.69) is 15.2 Å². The number of hydrogen-bond donors (Lipinski definition) is 1. The van der Waals surface area contributed by atoms with Gasteiger partial charge in [-0.25, -0.2) is 4.79 Å². The van der Waals surface area contributed by atoms with Gasteiger partial charge in [-0.05, 0) is 25.7 Å². The first-order valence-corrected chi connectivity index (χ1v) is 4.48. The number of nitrogens with zero attached hydrogens (tertiary/aromatic N) is 3. The van der Waals surface area contributed by atoms with Crippen LogP contribution in [0, 0.1) is 5.92 Å². The van der Waals surface area contributed by atoms with Crippen molar-refractivity contribution in [3.05, 3.63) is 0 Å². The van der Waals surface area contributed by atoms with Crippen LogP contribution in [-0.4, -0.2) is 23.1 Å². The number of carbonyl (C=O) groups excluding carboxylic acids is 1. The molecule has 2 amide bonds. The molecule has 0 unspecified atom stereocenters. The van der Waals surface area contributed by atoms with Crippen molar-refractivity contribution in [2.24, 2.45) is 21.1 Å². The average molecular weight is 181 g/mol. The number of carbonyl (C=O) groups is 1. The van der Waals surface area contributed by atoms with Gasteiger partial charge >= 0.3 is 6.03 Å². The first-order chi connectivity index (χ1) is 6.25. The maximum Gasteiger partial charge on any atom is 0.387 e. The van der Waals surface area contributed by atoms with Gasteiger partial charge in [-0.3, -0.25) is 0 Å². The van der Waals surface area contributed by atoms with E-state index in [0.717, 1.165) is 25.7 Å². The first-order valence-electron chi connectivity index (χ1n) is 4.48. The number of aliphatic hydroxyl groups is 1. The molecule has 0 atom stereocenters. The van der Waals surface area contributed by atoms with E-state index in [1.54, 1.807) is 0 Å². The second kappa shape index (κ2) is 3.33. The summed E-state index contributed by atoms with van der Waals surface area (Å²) in [5.74, 6) is 0.774. The average Bonchev–Trinajstić information content (AvgIpc) is 2.53. The number of urea groups is 1. The highest BCUT2D eigenvalue weighted by atomic mass is 16.3. The van der Waals surface area contributed by atoms with Gasteiger partial charge in [-0.15, -0.1) is 5.11 Å². The van der Waals surface area contributed by atoms with Gasteiger partial charge in [0.05, 0.1) is 6.10 Å². The predicted molar refractivity (Wildman–Crippen MR) is 45.7 cm³/mol. The van der Waals surface area contributed by atoms with Crippen LogP contribution >= 0.6 is 0 Å². The molecule has 1 saturated carbocycles. The van der Waals surface area contributed by atoms with E-state index in [1.807, 2.05) is 0 Å². The third-order valence-electron chi connectivity index (χ3n) is 2.51. The smallest absolute Gasteiger partial charge is 0.387 e. The normalized spacial score (nSPS) is 33.6. The van der Waals surface area contributed by atoms with Crippen molar-refractivity contribution in [3.8, 4) is 0 Å². The molecule has 5 nitrogen and oxygen atoms in total. The Labute approximate surface area is 75.6 Å². The van der Waals surface area contributed by atoms with Gasteiger partial charge in [0.25, 0.3) is 0 Å². The van der Waals surface area contributed by atoms with Gasteiger partial charge in [0, 0.05) is 5.92 Å². The molecule has 1 aliphatic heterocycles. The highest BCUT2D eigenvalue weighted by Crippen LogP contribution is 2.27. The van der Waals surface area contributed by atoms with Crippen molar-refractivity contribution in [2.45, 2.75) is 31.8 Å². The van der Waals surface area contributed by atoms with Crippen LogP contribution in [0.2, 0.25) is 0 Å². The van der Waals surface area contributed by atoms with Crippen LogP contribution in [0.1, 0.15) is 25.7 Å². The Hall–Kier alpha value is -1.10. The summed E-state index contributed by atoms with van der Waals surface area (Å²) in [6, 6.07) is -0.499. The lowest BCUT2D eigenvalue weighted by Gasteiger charge is -2.23. The Bertz CT molecular complexity index is 277. The molecule has 70 valence electrons. The van der Waals surface area contributed by atoms with E-state index in [1.165, 1.54) is 0 Å². The van der Waals surface area contributed by atoms with E-state index < -0.39 is 6.03 Å². The number of aliphatic hydroxyl groups excluding tert-OH is 1. The zero-order valence-electron chi connectivity index (χ0n) is 7.18. The minimum atomic E-state index is -0.499. The van der Waals surface area contributed by atoms with Crippen molar-refractivity contribution >= 4 is 11.9 Å². The van der Waals surface area contributed by atoms with Crippen LogP contribution in [0.4, 0.5) is 4.79 Å². The fraction of sp³-hybridized carbons (Fsp3) is 0.750. The van der Waals surface area contributed by atoms with Crippen LogP contribution in [0.5, 0.6) is 0 Å². The van der Waals surface area contributed by atoms with Gasteiger partial charge in [0.1, 0.15) is 0 Å². The van der Waals surface area contributed by atoms with Crippen molar-refractivity contribution in [1.29, 1.82) is 0 Å². The molecule has 0 saturated heterocycles. The lowest BCUT2D eigenvalue weighted by Crippen LogP contribution is -2.22. The standard InChI is InChI=1S/C8H11N3O2/c12-6-3-1-5(2-4-6)7-9-8(13)11-10-7/h5-6,12H,1-4H2. The van der Waals surface area contributed by atoms with Crippen molar-refractivity contribution in [3.63, 3.8) is 0 Å². The molecule has 1 heterocycles. The topological polar surface area (TPSA) is 74.4 Å². The molecule has 13 heavy (non-hydrogen) atoms. The number of azo groups is 1. The Balaban J connectivity index is 1.99. The van der Waals surface area contributed by atoms with Crippen LogP contribution in [0.25, 0.3) is 0 Å². The number of hydrogen-bond acceptors (Lipinski definition) is 3. The summed E-state index contributed by atoms with van der Waals surface area (Å²) in [4.78, 5) is 14.4. The second-order valence-corrected chi connectivity index (χ2v) is 3.46. The van der Waals surface area contributed by atoms with Crippen molar-refractivity contribution in [1.82, 2.24) is 0 Å². The molecule has 0 aromatic rings. The minimum absolute atomic E-state index is 0.189. The summed E-state index contributed by atoms with van der Waals surface area (Å²) in [5, 5.41) is 16.3. The van der Waals surface area contributed by atoms with Crippen LogP contribution in [-0.2, 0) is 0 Å². The monoisotopic (exact) mass is 181 g/mol. The predicted octanol–water partition coefficient (Wildman–Crippen LogP) is 1.52. The number of amidine groups is 1. The Morgan fingerprint density at radius 2 is 1.85 bits per heavy atom. The molecular formula is C8H11N3O2. The molecule has 2 rings (SSSR count). The molecule has 0 spiro atoms.